The summed E-state index contributed by atoms with van der Waals surface area (Å²) >= 11 is 0. The first-order valence-electron chi connectivity index (χ1n) is 9.26. The third kappa shape index (κ3) is 4.18. The van der Waals surface area contributed by atoms with Gasteiger partial charge in [-0.3, -0.25) is 4.79 Å². The Hall–Kier alpha value is -3.65. The lowest BCUT2D eigenvalue weighted by Crippen LogP contribution is -2.02. The average Bonchev–Trinajstić information content (AvgIpc) is 2.77. The number of ether oxygens (including phenoxy) is 1. The van der Waals surface area contributed by atoms with Crippen molar-refractivity contribution in [2.75, 3.05) is 0 Å². The number of hydrogen-bond acceptors (Lipinski definition) is 2. The van der Waals surface area contributed by atoms with Gasteiger partial charge in [0.05, 0.1) is 5.56 Å². The smallest absolute Gasteiger partial charge is 0.189 e. The van der Waals surface area contributed by atoms with E-state index >= 15 is 0 Å². The molecule has 0 aliphatic rings. The summed E-state index contributed by atoms with van der Waals surface area (Å²) in [5.41, 5.74) is 2.63. The molecule has 0 saturated heterocycles. The molecular formula is C26H20O2. The molecular weight excluding hydrogens is 344 g/mol. The van der Waals surface area contributed by atoms with Crippen LogP contribution in [0.5, 0.6) is 5.75 Å². The van der Waals surface area contributed by atoms with E-state index in [1.54, 1.807) is 12.1 Å². The molecule has 0 atom stereocenters. The normalized spacial score (nSPS) is 11.0. The molecule has 0 radical (unpaired) electrons. The lowest BCUT2D eigenvalue weighted by atomic mass is 10.0. The maximum atomic E-state index is 12.7. The number of hydrogen-bond donors (Lipinski definition) is 0. The Balaban J connectivity index is 1.51. The number of fused-ring (bicyclic) bond motifs is 1. The van der Waals surface area contributed by atoms with Crippen molar-refractivity contribution in [3.05, 3.63) is 120 Å². The highest BCUT2D eigenvalue weighted by Crippen LogP contribution is 2.21. The van der Waals surface area contributed by atoms with Crippen LogP contribution in [-0.2, 0) is 6.61 Å². The van der Waals surface area contributed by atoms with Crippen molar-refractivity contribution in [3.8, 4) is 5.75 Å². The molecule has 136 valence electrons. The summed E-state index contributed by atoms with van der Waals surface area (Å²) in [6.45, 7) is 0.430. The summed E-state index contributed by atoms with van der Waals surface area (Å²) in [6.07, 6.45) is 3.46. The summed E-state index contributed by atoms with van der Waals surface area (Å²) in [6, 6.07) is 31.6. The van der Waals surface area contributed by atoms with Gasteiger partial charge in [0, 0.05) is 0 Å². The largest absolute Gasteiger partial charge is 0.488 e. The molecule has 0 bridgehead atoms. The summed E-state index contributed by atoms with van der Waals surface area (Å²) in [7, 11) is 0. The van der Waals surface area contributed by atoms with Crippen LogP contribution >= 0.6 is 0 Å². The van der Waals surface area contributed by atoms with Crippen LogP contribution in [0.1, 0.15) is 21.5 Å². The Morgan fingerprint density at radius 2 is 1.46 bits per heavy atom. The number of rotatable bonds is 6. The fourth-order valence-corrected chi connectivity index (χ4v) is 3.10. The first-order valence-corrected chi connectivity index (χ1v) is 9.26. The van der Waals surface area contributed by atoms with E-state index in [-0.39, 0.29) is 5.78 Å². The van der Waals surface area contributed by atoms with Gasteiger partial charge in [-0.1, -0.05) is 84.9 Å². The van der Waals surface area contributed by atoms with Crippen LogP contribution in [-0.4, -0.2) is 5.78 Å². The van der Waals surface area contributed by atoms with Crippen LogP contribution < -0.4 is 4.74 Å². The van der Waals surface area contributed by atoms with Crippen molar-refractivity contribution >= 4 is 22.6 Å². The molecule has 2 heteroatoms. The zero-order valence-corrected chi connectivity index (χ0v) is 15.4. The lowest BCUT2D eigenvalue weighted by Gasteiger charge is -2.09. The van der Waals surface area contributed by atoms with Crippen LogP contribution in [0.2, 0.25) is 0 Å². The molecule has 4 aromatic rings. The number of carbonyl (C=O) groups is 1. The van der Waals surface area contributed by atoms with Crippen LogP contribution in [0.3, 0.4) is 0 Å². The summed E-state index contributed by atoms with van der Waals surface area (Å²) in [5, 5.41) is 2.34. The van der Waals surface area contributed by atoms with E-state index in [2.05, 4.69) is 24.3 Å². The van der Waals surface area contributed by atoms with Gasteiger partial charge in [-0.25, -0.2) is 0 Å². The van der Waals surface area contributed by atoms with Gasteiger partial charge < -0.3 is 4.74 Å². The van der Waals surface area contributed by atoms with Gasteiger partial charge in [-0.05, 0) is 46.2 Å². The zero-order valence-electron chi connectivity index (χ0n) is 15.4. The molecule has 0 spiro atoms. The van der Waals surface area contributed by atoms with Crippen molar-refractivity contribution < 1.29 is 9.53 Å². The van der Waals surface area contributed by atoms with Gasteiger partial charge >= 0.3 is 0 Å². The van der Waals surface area contributed by atoms with E-state index in [0.717, 1.165) is 16.5 Å². The highest BCUT2D eigenvalue weighted by atomic mass is 16.5. The van der Waals surface area contributed by atoms with Crippen molar-refractivity contribution in [1.29, 1.82) is 0 Å². The molecule has 4 aromatic carbocycles. The second kappa shape index (κ2) is 8.36. The molecule has 4 rings (SSSR count). The number of carbonyl (C=O) groups excluding carboxylic acids is 1. The molecule has 0 fully saturated rings. The summed E-state index contributed by atoms with van der Waals surface area (Å²) < 4.78 is 5.90. The third-order valence-corrected chi connectivity index (χ3v) is 4.59. The second-order valence-corrected chi connectivity index (χ2v) is 6.57. The molecule has 0 heterocycles. The Bertz CT molecular complexity index is 1130. The molecule has 0 unspecified atom stereocenters. The minimum absolute atomic E-state index is 0.0724. The third-order valence-electron chi connectivity index (χ3n) is 4.59. The molecule has 28 heavy (non-hydrogen) atoms. The summed E-state index contributed by atoms with van der Waals surface area (Å²) in [4.78, 5) is 12.7. The Labute approximate surface area is 164 Å². The minimum atomic E-state index is -0.0724. The predicted molar refractivity (Wildman–Crippen MR) is 115 cm³/mol. The highest BCUT2D eigenvalue weighted by Gasteiger charge is 2.09. The SMILES string of the molecule is O=C(/C=C\c1ccc2ccccc2c1)c1ccccc1OCc1ccccc1. The van der Waals surface area contributed by atoms with Crippen LogP contribution in [0.25, 0.3) is 16.8 Å². The monoisotopic (exact) mass is 364 g/mol. The van der Waals surface area contributed by atoms with Crippen molar-refractivity contribution in [2.24, 2.45) is 0 Å². The standard InChI is InChI=1S/C26H20O2/c27-25(17-15-20-14-16-22-10-4-5-11-23(22)18-20)24-12-6-7-13-26(24)28-19-21-8-2-1-3-9-21/h1-18H,19H2/b17-15-. The molecule has 0 N–H and O–H groups in total. The first kappa shape index (κ1) is 17.7. The second-order valence-electron chi connectivity index (χ2n) is 6.57. The van der Waals surface area contributed by atoms with E-state index in [9.17, 15) is 4.79 Å². The Kier molecular flexibility index (Phi) is 5.30. The number of benzene rings is 4. The van der Waals surface area contributed by atoms with Crippen LogP contribution in [0.4, 0.5) is 0 Å². The van der Waals surface area contributed by atoms with Crippen molar-refractivity contribution in [1.82, 2.24) is 0 Å². The predicted octanol–water partition coefficient (Wildman–Crippen LogP) is 6.31. The van der Waals surface area contributed by atoms with Gasteiger partial charge in [-0.2, -0.15) is 0 Å². The Morgan fingerprint density at radius 1 is 0.750 bits per heavy atom. The van der Waals surface area contributed by atoms with E-state index in [1.165, 1.54) is 5.39 Å². The molecule has 2 nitrogen and oxygen atoms in total. The fraction of sp³-hybridized carbons (Fsp3) is 0.0385. The van der Waals surface area contributed by atoms with Crippen molar-refractivity contribution in [2.45, 2.75) is 6.61 Å². The molecule has 0 aliphatic carbocycles. The van der Waals surface area contributed by atoms with E-state index in [0.29, 0.717) is 17.9 Å². The number of para-hydroxylation sites is 1. The van der Waals surface area contributed by atoms with Crippen LogP contribution in [0.15, 0.2) is 103 Å². The Morgan fingerprint density at radius 3 is 2.32 bits per heavy atom. The minimum Gasteiger partial charge on any atom is -0.488 e. The molecule has 0 saturated carbocycles. The van der Waals surface area contributed by atoms with Gasteiger partial charge in [-0.15, -0.1) is 0 Å². The molecule has 0 aliphatic heterocycles. The van der Waals surface area contributed by atoms with Gasteiger partial charge in [0.2, 0.25) is 0 Å². The zero-order chi connectivity index (χ0) is 19.2. The maximum Gasteiger partial charge on any atom is 0.189 e. The first-order chi connectivity index (χ1) is 13.8. The number of ketones is 1. The van der Waals surface area contributed by atoms with E-state index in [4.69, 9.17) is 4.74 Å². The topological polar surface area (TPSA) is 26.3 Å². The highest BCUT2D eigenvalue weighted by molar-refractivity contribution is 6.08. The van der Waals surface area contributed by atoms with Crippen molar-refractivity contribution in [3.63, 3.8) is 0 Å². The fourth-order valence-electron chi connectivity index (χ4n) is 3.10. The van der Waals surface area contributed by atoms with Crippen LogP contribution in [0, 0.1) is 0 Å². The van der Waals surface area contributed by atoms with Gasteiger partial charge in [0.25, 0.3) is 0 Å². The molecule has 0 amide bonds. The average molecular weight is 364 g/mol. The van der Waals surface area contributed by atoms with Gasteiger partial charge in [0.15, 0.2) is 5.78 Å². The van der Waals surface area contributed by atoms with Gasteiger partial charge in [0.1, 0.15) is 12.4 Å². The summed E-state index contributed by atoms with van der Waals surface area (Å²) in [5.74, 6) is 0.524. The molecule has 0 aromatic heterocycles. The lowest BCUT2D eigenvalue weighted by molar-refractivity contribution is 0.104. The quantitative estimate of drug-likeness (QED) is 0.296. The maximum absolute atomic E-state index is 12.7. The number of allylic oxidation sites excluding steroid dienone is 1. The van der Waals surface area contributed by atoms with E-state index in [1.807, 2.05) is 72.8 Å². The van der Waals surface area contributed by atoms with E-state index < -0.39 is 0 Å².